The molecule has 5 nitrogen and oxygen atoms in total. The van der Waals surface area contributed by atoms with Crippen LogP contribution in [0.4, 0.5) is 0 Å². The van der Waals surface area contributed by atoms with Crippen LogP contribution in [0.3, 0.4) is 0 Å². The first-order valence-corrected chi connectivity index (χ1v) is 10.9. The molecule has 0 amide bonds. The second-order valence-corrected chi connectivity index (χ2v) is 8.72. The molecule has 0 bridgehead atoms. The number of carbonyl (C=O) groups is 1. The van der Waals surface area contributed by atoms with Gasteiger partial charge in [0.15, 0.2) is 0 Å². The monoisotopic (exact) mass is 421 g/mol. The van der Waals surface area contributed by atoms with Gasteiger partial charge in [0.05, 0.1) is 16.5 Å². The Bertz CT molecular complexity index is 1140. The average Bonchev–Trinajstić information content (AvgIpc) is 2.73. The zero-order valence-corrected chi connectivity index (χ0v) is 17.6. The molecule has 1 unspecified atom stereocenters. The van der Waals surface area contributed by atoms with E-state index in [4.69, 9.17) is 4.74 Å². The van der Waals surface area contributed by atoms with Gasteiger partial charge in [0, 0.05) is 0 Å². The number of ether oxygens (including phenoxy) is 1. The Balaban J connectivity index is 1.92. The minimum atomic E-state index is -3.90. The number of para-hydroxylation sites is 1. The maximum atomic E-state index is 13.0. The third kappa shape index (κ3) is 5.23. The lowest BCUT2D eigenvalue weighted by molar-refractivity contribution is -0.130. The smallest absolute Gasteiger partial charge is 0.340 e. The summed E-state index contributed by atoms with van der Waals surface area (Å²) in [6.45, 7) is 7.64. The van der Waals surface area contributed by atoms with Gasteiger partial charge in [-0.25, -0.2) is 13.2 Å². The van der Waals surface area contributed by atoms with Gasteiger partial charge >= 0.3 is 5.97 Å². The normalized spacial score (nSPS) is 12.2. The average molecular weight is 422 g/mol. The van der Waals surface area contributed by atoms with Crippen molar-refractivity contribution in [1.29, 1.82) is 0 Å². The molecule has 0 spiro atoms. The van der Waals surface area contributed by atoms with Crippen molar-refractivity contribution in [2.75, 3.05) is 0 Å². The predicted molar refractivity (Wildman–Crippen MR) is 117 cm³/mol. The number of aryl methyl sites for hydroxylation is 2. The molecule has 154 valence electrons. The summed E-state index contributed by atoms with van der Waals surface area (Å²) in [5.41, 5.74) is 2.53. The molecule has 0 aliphatic carbocycles. The van der Waals surface area contributed by atoms with E-state index in [9.17, 15) is 13.2 Å². The lowest BCUT2D eigenvalue weighted by Gasteiger charge is -2.21. The van der Waals surface area contributed by atoms with E-state index in [0.717, 1.165) is 11.1 Å². The Labute approximate surface area is 177 Å². The van der Waals surface area contributed by atoms with Gasteiger partial charge in [-0.1, -0.05) is 72.3 Å². The van der Waals surface area contributed by atoms with E-state index in [1.807, 2.05) is 26.0 Å². The number of benzene rings is 3. The predicted octanol–water partition coefficient (Wildman–Crippen LogP) is 4.48. The van der Waals surface area contributed by atoms with E-state index in [0.29, 0.717) is 11.3 Å². The van der Waals surface area contributed by atoms with Crippen molar-refractivity contribution in [2.45, 2.75) is 24.8 Å². The molecule has 0 saturated carbocycles. The lowest BCUT2D eigenvalue weighted by atomic mass is 10.00. The highest BCUT2D eigenvalue weighted by Gasteiger charge is 2.28. The molecule has 1 atom stereocenters. The third-order valence-corrected chi connectivity index (χ3v) is 6.02. The van der Waals surface area contributed by atoms with E-state index in [1.54, 1.807) is 54.6 Å². The molecule has 0 saturated heterocycles. The van der Waals surface area contributed by atoms with Crippen LogP contribution in [0.5, 0.6) is 5.75 Å². The fraction of sp³-hybridized carbons (Fsp3) is 0.125. The maximum Gasteiger partial charge on any atom is 0.340 e. The van der Waals surface area contributed by atoms with E-state index in [1.165, 1.54) is 12.1 Å². The van der Waals surface area contributed by atoms with Crippen LogP contribution in [-0.4, -0.2) is 14.4 Å². The first kappa shape index (κ1) is 21.5. The zero-order valence-electron chi connectivity index (χ0n) is 16.8. The summed E-state index contributed by atoms with van der Waals surface area (Å²) < 4.78 is 33.9. The first-order valence-electron chi connectivity index (χ1n) is 9.38. The molecule has 1 N–H and O–H groups in total. The molecule has 3 rings (SSSR count). The lowest BCUT2D eigenvalue weighted by Crippen LogP contribution is -2.33. The standard InChI is InChI=1S/C24H23NO4S/c1-17-9-13-20(14-10-17)23(19(3)24(26)29-21-7-5-4-6-8-21)25-30(27,28)22-15-11-18(2)12-16-22/h4-16,23,25H,3H2,1-2H3. The number of carbonyl (C=O) groups excluding carboxylic acids is 1. The van der Waals surface area contributed by atoms with Crippen LogP contribution in [-0.2, 0) is 14.8 Å². The highest BCUT2D eigenvalue weighted by Crippen LogP contribution is 2.26. The number of sulfonamides is 1. The Morgan fingerprint density at radius 1 is 0.867 bits per heavy atom. The van der Waals surface area contributed by atoms with Crippen molar-refractivity contribution >= 4 is 16.0 Å². The Morgan fingerprint density at radius 2 is 1.40 bits per heavy atom. The molecule has 0 radical (unpaired) electrons. The van der Waals surface area contributed by atoms with Crippen molar-refractivity contribution in [2.24, 2.45) is 0 Å². The number of rotatable bonds is 7. The summed E-state index contributed by atoms with van der Waals surface area (Å²) in [6, 6.07) is 21.3. The number of hydrogen-bond acceptors (Lipinski definition) is 4. The molecule has 0 aromatic heterocycles. The van der Waals surface area contributed by atoms with Crippen LogP contribution in [0.2, 0.25) is 0 Å². The molecule has 0 heterocycles. The van der Waals surface area contributed by atoms with Crippen molar-refractivity contribution in [3.63, 3.8) is 0 Å². The fourth-order valence-corrected chi connectivity index (χ4v) is 4.04. The van der Waals surface area contributed by atoms with E-state index in [-0.39, 0.29) is 10.5 Å². The van der Waals surface area contributed by atoms with Crippen LogP contribution < -0.4 is 9.46 Å². The number of nitrogens with one attached hydrogen (secondary N) is 1. The second-order valence-electron chi connectivity index (χ2n) is 7.01. The van der Waals surface area contributed by atoms with Gasteiger partial charge in [-0.2, -0.15) is 4.72 Å². The fourth-order valence-electron chi connectivity index (χ4n) is 2.82. The largest absolute Gasteiger partial charge is 0.423 e. The van der Waals surface area contributed by atoms with Gasteiger partial charge in [0.25, 0.3) is 0 Å². The van der Waals surface area contributed by atoms with Gasteiger partial charge in [0.1, 0.15) is 5.75 Å². The molecular formula is C24H23NO4S. The summed E-state index contributed by atoms with van der Waals surface area (Å²) in [5.74, 6) is -0.355. The second kappa shape index (κ2) is 9.07. The SMILES string of the molecule is C=C(C(=O)Oc1ccccc1)C(NS(=O)(=O)c1ccc(C)cc1)c1ccc(C)cc1. The van der Waals surface area contributed by atoms with Crippen LogP contribution in [0.15, 0.2) is 95.9 Å². The molecule has 30 heavy (non-hydrogen) atoms. The van der Waals surface area contributed by atoms with Crippen LogP contribution in [0, 0.1) is 13.8 Å². The maximum absolute atomic E-state index is 13.0. The summed E-state index contributed by atoms with van der Waals surface area (Å²) >= 11 is 0. The number of esters is 1. The summed E-state index contributed by atoms with van der Waals surface area (Å²) in [6.07, 6.45) is 0. The van der Waals surface area contributed by atoms with Crippen LogP contribution in [0.25, 0.3) is 0 Å². The van der Waals surface area contributed by atoms with E-state index < -0.39 is 22.0 Å². The van der Waals surface area contributed by atoms with Crippen LogP contribution in [0.1, 0.15) is 22.7 Å². The highest BCUT2D eigenvalue weighted by molar-refractivity contribution is 7.89. The van der Waals surface area contributed by atoms with Gasteiger partial charge in [0.2, 0.25) is 10.0 Å². The van der Waals surface area contributed by atoms with Crippen molar-refractivity contribution in [1.82, 2.24) is 4.72 Å². The van der Waals surface area contributed by atoms with Gasteiger partial charge in [-0.3, -0.25) is 0 Å². The molecule has 0 aliphatic rings. The summed E-state index contributed by atoms with van der Waals surface area (Å²) in [7, 11) is -3.90. The minimum Gasteiger partial charge on any atom is -0.423 e. The minimum absolute atomic E-state index is 0.0154. The van der Waals surface area contributed by atoms with E-state index in [2.05, 4.69) is 11.3 Å². The van der Waals surface area contributed by atoms with Crippen LogP contribution >= 0.6 is 0 Å². The van der Waals surface area contributed by atoms with Crippen molar-refractivity contribution in [3.8, 4) is 5.75 Å². The Morgan fingerprint density at radius 3 is 1.97 bits per heavy atom. The molecule has 6 heteroatoms. The van der Waals surface area contributed by atoms with E-state index >= 15 is 0 Å². The summed E-state index contributed by atoms with van der Waals surface area (Å²) in [5, 5.41) is 0. The quantitative estimate of drug-likeness (QED) is 0.347. The topological polar surface area (TPSA) is 72.5 Å². The van der Waals surface area contributed by atoms with Gasteiger partial charge in [-0.05, 0) is 43.7 Å². The molecular weight excluding hydrogens is 398 g/mol. The third-order valence-electron chi connectivity index (χ3n) is 4.58. The van der Waals surface area contributed by atoms with Crippen molar-refractivity contribution in [3.05, 3.63) is 108 Å². The first-order chi connectivity index (χ1) is 14.3. The Hall–Kier alpha value is -3.22. The molecule has 0 aliphatic heterocycles. The van der Waals surface area contributed by atoms with Crippen molar-refractivity contribution < 1.29 is 17.9 Å². The zero-order chi connectivity index (χ0) is 21.7. The van der Waals surface area contributed by atoms with Gasteiger partial charge in [-0.15, -0.1) is 0 Å². The molecule has 0 fully saturated rings. The molecule has 3 aromatic rings. The molecule has 3 aromatic carbocycles. The Kier molecular flexibility index (Phi) is 6.50. The number of hydrogen-bond donors (Lipinski definition) is 1. The van der Waals surface area contributed by atoms with Gasteiger partial charge < -0.3 is 4.74 Å². The summed E-state index contributed by atoms with van der Waals surface area (Å²) in [4.78, 5) is 12.8. The highest BCUT2D eigenvalue weighted by atomic mass is 32.2.